The van der Waals surface area contributed by atoms with Gasteiger partial charge in [-0.15, -0.1) is 0 Å². The SMILES string of the molecule is CCOc1cc(/C=C(\C#N)C(=O)N[C@@H](C)CC)cc(Cl)c1O. The number of nitriles is 1. The third kappa shape index (κ3) is 4.68. The lowest BCUT2D eigenvalue weighted by atomic mass is 10.1. The van der Waals surface area contributed by atoms with Gasteiger partial charge in [-0.05, 0) is 44.0 Å². The van der Waals surface area contributed by atoms with Gasteiger partial charge < -0.3 is 15.2 Å². The van der Waals surface area contributed by atoms with E-state index in [9.17, 15) is 9.90 Å². The monoisotopic (exact) mass is 322 g/mol. The quantitative estimate of drug-likeness (QED) is 0.622. The molecule has 1 aromatic rings. The Bertz CT molecular complexity index is 621. The van der Waals surface area contributed by atoms with Crippen molar-refractivity contribution >= 4 is 23.6 Å². The van der Waals surface area contributed by atoms with E-state index < -0.39 is 5.91 Å². The smallest absolute Gasteiger partial charge is 0.262 e. The number of benzene rings is 1. The van der Waals surface area contributed by atoms with Gasteiger partial charge in [0.15, 0.2) is 11.5 Å². The molecule has 0 aliphatic heterocycles. The molecule has 2 N–H and O–H groups in total. The molecule has 22 heavy (non-hydrogen) atoms. The van der Waals surface area contributed by atoms with E-state index in [1.54, 1.807) is 6.92 Å². The molecule has 5 nitrogen and oxygen atoms in total. The van der Waals surface area contributed by atoms with Crippen LogP contribution in [0.4, 0.5) is 0 Å². The first-order valence-corrected chi connectivity index (χ1v) is 7.38. The maximum atomic E-state index is 12.0. The minimum Gasteiger partial charge on any atom is -0.503 e. The van der Waals surface area contributed by atoms with Gasteiger partial charge in [-0.3, -0.25) is 4.79 Å². The van der Waals surface area contributed by atoms with Crippen LogP contribution in [0.25, 0.3) is 6.08 Å². The molecule has 1 rings (SSSR count). The molecule has 0 bridgehead atoms. The first-order valence-electron chi connectivity index (χ1n) is 7.00. The molecule has 0 aromatic heterocycles. The van der Waals surface area contributed by atoms with Crippen LogP contribution in [0, 0.1) is 11.3 Å². The Balaban J connectivity index is 3.13. The Morgan fingerprint density at radius 1 is 1.55 bits per heavy atom. The average molecular weight is 323 g/mol. The van der Waals surface area contributed by atoms with E-state index in [4.69, 9.17) is 21.6 Å². The number of hydrogen-bond donors (Lipinski definition) is 2. The molecule has 0 heterocycles. The van der Waals surface area contributed by atoms with Gasteiger partial charge in [-0.2, -0.15) is 5.26 Å². The van der Waals surface area contributed by atoms with E-state index in [0.29, 0.717) is 12.2 Å². The fraction of sp³-hybridized carbons (Fsp3) is 0.375. The number of nitrogens with zero attached hydrogens (tertiary/aromatic N) is 1. The molecular formula is C16H19ClN2O3. The van der Waals surface area contributed by atoms with E-state index in [-0.39, 0.29) is 28.1 Å². The summed E-state index contributed by atoms with van der Waals surface area (Å²) >= 11 is 5.92. The Kier molecular flexibility index (Phi) is 6.74. The average Bonchev–Trinajstić information content (AvgIpc) is 2.49. The van der Waals surface area contributed by atoms with Gasteiger partial charge in [-0.25, -0.2) is 0 Å². The molecule has 1 amide bonds. The number of carbonyl (C=O) groups is 1. The Labute approximate surface area is 135 Å². The zero-order valence-corrected chi connectivity index (χ0v) is 13.6. The zero-order valence-electron chi connectivity index (χ0n) is 12.8. The number of amides is 1. The maximum Gasteiger partial charge on any atom is 0.262 e. The van der Waals surface area contributed by atoms with Crippen LogP contribution in [-0.2, 0) is 4.79 Å². The minimum absolute atomic E-state index is 0.0216. The fourth-order valence-corrected chi connectivity index (χ4v) is 1.88. The molecule has 0 saturated heterocycles. The number of aromatic hydroxyl groups is 1. The fourth-order valence-electron chi connectivity index (χ4n) is 1.66. The first kappa shape index (κ1) is 17.9. The van der Waals surface area contributed by atoms with Crippen molar-refractivity contribution in [3.63, 3.8) is 0 Å². The van der Waals surface area contributed by atoms with Crippen molar-refractivity contribution in [3.05, 3.63) is 28.3 Å². The number of phenols is 1. The Hall–Kier alpha value is -2.19. The second-order valence-corrected chi connectivity index (χ2v) is 5.14. The molecule has 0 aliphatic rings. The summed E-state index contributed by atoms with van der Waals surface area (Å²) in [5.41, 5.74) is 0.464. The molecular weight excluding hydrogens is 304 g/mol. The van der Waals surface area contributed by atoms with Crippen LogP contribution < -0.4 is 10.1 Å². The number of hydrogen-bond acceptors (Lipinski definition) is 4. The van der Waals surface area contributed by atoms with E-state index in [2.05, 4.69) is 5.32 Å². The van der Waals surface area contributed by atoms with Crippen molar-refractivity contribution in [1.82, 2.24) is 5.32 Å². The van der Waals surface area contributed by atoms with Gasteiger partial charge in [0.2, 0.25) is 0 Å². The third-order valence-corrected chi connectivity index (χ3v) is 3.30. The molecule has 0 saturated carbocycles. The van der Waals surface area contributed by atoms with Gasteiger partial charge in [0.05, 0.1) is 11.6 Å². The van der Waals surface area contributed by atoms with Gasteiger partial charge in [0.1, 0.15) is 11.6 Å². The first-order chi connectivity index (χ1) is 10.4. The third-order valence-electron chi connectivity index (χ3n) is 3.02. The lowest BCUT2D eigenvalue weighted by Gasteiger charge is -2.11. The summed E-state index contributed by atoms with van der Waals surface area (Å²) in [6, 6.07) is 4.84. The van der Waals surface area contributed by atoms with Crippen molar-refractivity contribution in [3.8, 4) is 17.6 Å². The number of halogens is 1. The van der Waals surface area contributed by atoms with E-state index in [1.807, 2.05) is 19.9 Å². The summed E-state index contributed by atoms with van der Waals surface area (Å²) in [6.07, 6.45) is 2.18. The van der Waals surface area contributed by atoms with Crippen molar-refractivity contribution in [2.24, 2.45) is 0 Å². The number of ether oxygens (including phenoxy) is 1. The van der Waals surface area contributed by atoms with Gasteiger partial charge in [0, 0.05) is 6.04 Å². The molecule has 0 unspecified atom stereocenters. The second-order valence-electron chi connectivity index (χ2n) is 4.74. The van der Waals surface area contributed by atoms with Crippen LogP contribution in [0.3, 0.4) is 0 Å². The molecule has 0 radical (unpaired) electrons. The van der Waals surface area contributed by atoms with E-state index >= 15 is 0 Å². The summed E-state index contributed by atoms with van der Waals surface area (Å²) in [7, 11) is 0. The normalized spacial score (nSPS) is 12.4. The van der Waals surface area contributed by atoms with Crippen molar-refractivity contribution in [2.45, 2.75) is 33.2 Å². The lowest BCUT2D eigenvalue weighted by molar-refractivity contribution is -0.117. The van der Waals surface area contributed by atoms with Crippen LogP contribution in [0.2, 0.25) is 5.02 Å². The predicted molar refractivity (Wildman–Crippen MR) is 85.8 cm³/mol. The highest BCUT2D eigenvalue weighted by Gasteiger charge is 2.13. The molecule has 0 aliphatic carbocycles. The highest BCUT2D eigenvalue weighted by molar-refractivity contribution is 6.32. The summed E-state index contributed by atoms with van der Waals surface area (Å²) in [4.78, 5) is 12.0. The van der Waals surface area contributed by atoms with Crippen molar-refractivity contribution in [1.29, 1.82) is 5.26 Å². The number of carbonyl (C=O) groups excluding carboxylic acids is 1. The Morgan fingerprint density at radius 2 is 2.23 bits per heavy atom. The van der Waals surface area contributed by atoms with Gasteiger partial charge in [-0.1, -0.05) is 18.5 Å². The molecule has 1 atom stereocenters. The van der Waals surface area contributed by atoms with Crippen molar-refractivity contribution in [2.75, 3.05) is 6.61 Å². The Morgan fingerprint density at radius 3 is 2.77 bits per heavy atom. The van der Waals surface area contributed by atoms with Crippen LogP contribution in [0.1, 0.15) is 32.8 Å². The van der Waals surface area contributed by atoms with Gasteiger partial charge in [0.25, 0.3) is 5.91 Å². The van der Waals surface area contributed by atoms with Crippen molar-refractivity contribution < 1.29 is 14.6 Å². The zero-order chi connectivity index (χ0) is 16.7. The minimum atomic E-state index is -0.445. The summed E-state index contributed by atoms with van der Waals surface area (Å²) in [5.74, 6) is -0.400. The molecule has 1 aromatic carbocycles. The lowest BCUT2D eigenvalue weighted by Crippen LogP contribution is -2.32. The highest BCUT2D eigenvalue weighted by atomic mass is 35.5. The molecule has 118 valence electrons. The van der Waals surface area contributed by atoms with Gasteiger partial charge >= 0.3 is 0 Å². The highest BCUT2D eigenvalue weighted by Crippen LogP contribution is 2.35. The largest absolute Gasteiger partial charge is 0.503 e. The van der Waals surface area contributed by atoms with Crippen LogP contribution >= 0.6 is 11.6 Å². The summed E-state index contributed by atoms with van der Waals surface area (Å²) in [5, 5.41) is 21.7. The molecule has 0 spiro atoms. The maximum absolute atomic E-state index is 12.0. The van der Waals surface area contributed by atoms with Crippen LogP contribution in [0.5, 0.6) is 11.5 Å². The number of phenolic OH excluding ortho intramolecular Hbond substituents is 1. The van der Waals surface area contributed by atoms with Crippen LogP contribution in [0.15, 0.2) is 17.7 Å². The second kappa shape index (κ2) is 8.30. The van der Waals surface area contributed by atoms with Crippen LogP contribution in [-0.4, -0.2) is 23.7 Å². The number of nitrogens with one attached hydrogen (secondary N) is 1. The molecule has 0 fully saturated rings. The van der Waals surface area contributed by atoms with E-state index in [1.165, 1.54) is 18.2 Å². The predicted octanol–water partition coefficient (Wildman–Crippen LogP) is 3.27. The standard InChI is InChI=1S/C16H19ClN2O3/c1-4-10(3)19-16(21)12(9-18)6-11-7-13(17)15(20)14(8-11)22-5-2/h6-8,10,20H,4-5H2,1-3H3,(H,19,21)/b12-6+/t10-/m0/s1. The van der Waals surface area contributed by atoms with E-state index in [0.717, 1.165) is 6.42 Å². The summed E-state index contributed by atoms with van der Waals surface area (Å²) in [6.45, 7) is 5.93. The summed E-state index contributed by atoms with van der Waals surface area (Å²) < 4.78 is 5.27. The topological polar surface area (TPSA) is 82.3 Å². The molecule has 6 heteroatoms. The number of rotatable bonds is 6.